The van der Waals surface area contributed by atoms with Gasteiger partial charge in [-0.15, -0.1) is 24.0 Å². The molecule has 0 aliphatic heterocycles. The summed E-state index contributed by atoms with van der Waals surface area (Å²) in [5, 5.41) is 6.41. The predicted molar refractivity (Wildman–Crippen MR) is 108 cm³/mol. The Morgan fingerprint density at radius 2 is 2.24 bits per heavy atom. The molecule has 0 spiro atoms. The van der Waals surface area contributed by atoms with E-state index in [0.29, 0.717) is 24.8 Å². The van der Waals surface area contributed by atoms with Crippen molar-refractivity contribution in [2.75, 3.05) is 20.3 Å². The van der Waals surface area contributed by atoms with Crippen LogP contribution >= 0.6 is 24.0 Å². The van der Waals surface area contributed by atoms with Gasteiger partial charge in [0, 0.05) is 32.1 Å². The van der Waals surface area contributed by atoms with E-state index in [2.05, 4.69) is 20.6 Å². The number of halogens is 2. The number of hydrogen-bond donors (Lipinski definition) is 2. The highest BCUT2D eigenvalue weighted by Crippen LogP contribution is 2.15. The van der Waals surface area contributed by atoms with Gasteiger partial charge < -0.3 is 19.9 Å². The zero-order chi connectivity index (χ0) is 17.4. The predicted octanol–water partition coefficient (Wildman–Crippen LogP) is 2.72. The second kappa shape index (κ2) is 11.0. The van der Waals surface area contributed by atoms with E-state index in [9.17, 15) is 4.39 Å². The first-order valence-corrected chi connectivity index (χ1v) is 7.94. The lowest BCUT2D eigenvalue weighted by Crippen LogP contribution is -2.43. The van der Waals surface area contributed by atoms with Crippen LogP contribution in [-0.2, 0) is 11.3 Å². The smallest absolute Gasteiger partial charge is 0.191 e. The molecular weight excluding hydrogens is 436 g/mol. The first-order valence-electron chi connectivity index (χ1n) is 7.94. The average molecular weight is 461 g/mol. The normalized spacial score (nSPS) is 12.4. The summed E-state index contributed by atoms with van der Waals surface area (Å²) in [5.74, 6) is 0.382. The average Bonchev–Trinajstić information content (AvgIpc) is 3.07. The lowest BCUT2D eigenvalue weighted by Gasteiger charge is -2.17. The molecule has 0 aliphatic carbocycles. The van der Waals surface area contributed by atoms with Crippen molar-refractivity contribution < 1.29 is 9.13 Å². The van der Waals surface area contributed by atoms with Gasteiger partial charge in [0.2, 0.25) is 0 Å². The fourth-order valence-electron chi connectivity index (χ4n) is 2.28. The van der Waals surface area contributed by atoms with Gasteiger partial charge >= 0.3 is 0 Å². The first-order chi connectivity index (χ1) is 11.6. The summed E-state index contributed by atoms with van der Waals surface area (Å²) in [6, 6.07) is 5.23. The van der Waals surface area contributed by atoms with Crippen molar-refractivity contribution in [2.45, 2.75) is 26.4 Å². The van der Waals surface area contributed by atoms with Crippen LogP contribution < -0.4 is 10.6 Å². The Morgan fingerprint density at radius 3 is 2.84 bits per heavy atom. The van der Waals surface area contributed by atoms with Gasteiger partial charge in [-0.3, -0.25) is 0 Å². The molecule has 2 aromatic rings. The molecule has 0 amide bonds. The Labute approximate surface area is 164 Å². The number of aromatic nitrogens is 2. The Hall–Kier alpha value is -1.68. The molecule has 1 aromatic heterocycles. The molecule has 0 saturated heterocycles. The summed E-state index contributed by atoms with van der Waals surface area (Å²) >= 11 is 0. The quantitative estimate of drug-likeness (QED) is 0.378. The third kappa shape index (κ3) is 6.62. The van der Waals surface area contributed by atoms with E-state index >= 15 is 0 Å². The van der Waals surface area contributed by atoms with Crippen LogP contribution in [0.2, 0.25) is 0 Å². The van der Waals surface area contributed by atoms with Gasteiger partial charge in [-0.25, -0.2) is 14.4 Å². The summed E-state index contributed by atoms with van der Waals surface area (Å²) in [5.41, 5.74) is 1.27. The number of rotatable bonds is 7. The van der Waals surface area contributed by atoms with E-state index in [1.165, 1.54) is 6.07 Å². The van der Waals surface area contributed by atoms with Crippen molar-refractivity contribution >= 4 is 29.9 Å². The lowest BCUT2D eigenvalue weighted by atomic mass is 10.2. The van der Waals surface area contributed by atoms with E-state index in [1.807, 2.05) is 19.9 Å². The summed E-state index contributed by atoms with van der Waals surface area (Å²) in [6.07, 6.45) is 4.90. The minimum Gasteiger partial charge on any atom is -0.383 e. The SMILES string of the molecule is CCNC(=NCc1ccc(-n2ccnc2)c(F)c1)NC(C)COC.I. The maximum atomic E-state index is 14.3. The van der Waals surface area contributed by atoms with Gasteiger partial charge in [-0.05, 0) is 31.5 Å². The minimum atomic E-state index is -0.300. The standard InChI is InChI=1S/C17H24FN5O.HI/c1-4-20-17(22-13(2)11-24-3)21-10-14-5-6-16(15(18)9-14)23-8-7-19-12-23;/h5-9,12-13H,4,10-11H2,1-3H3,(H2,20,21,22);1H. The minimum absolute atomic E-state index is 0. The molecule has 0 aliphatic rings. The van der Waals surface area contributed by atoms with Gasteiger partial charge in [0.25, 0.3) is 0 Å². The lowest BCUT2D eigenvalue weighted by molar-refractivity contribution is 0.179. The molecule has 1 heterocycles. The van der Waals surface area contributed by atoms with Crippen LogP contribution in [0.5, 0.6) is 0 Å². The highest BCUT2D eigenvalue weighted by Gasteiger charge is 2.07. The topological polar surface area (TPSA) is 63.5 Å². The second-order valence-corrected chi connectivity index (χ2v) is 5.45. The Morgan fingerprint density at radius 1 is 1.44 bits per heavy atom. The van der Waals surface area contributed by atoms with E-state index < -0.39 is 0 Å². The number of nitrogens with one attached hydrogen (secondary N) is 2. The fraction of sp³-hybridized carbons (Fsp3) is 0.412. The third-order valence-corrected chi connectivity index (χ3v) is 3.36. The zero-order valence-corrected chi connectivity index (χ0v) is 17.0. The molecule has 0 radical (unpaired) electrons. The number of nitrogens with zero attached hydrogens (tertiary/aromatic N) is 3. The number of guanidine groups is 1. The van der Waals surface area contributed by atoms with Crippen LogP contribution in [-0.4, -0.2) is 41.8 Å². The van der Waals surface area contributed by atoms with E-state index in [4.69, 9.17) is 4.74 Å². The van der Waals surface area contributed by atoms with Crippen molar-refractivity contribution in [1.29, 1.82) is 0 Å². The molecule has 0 saturated carbocycles. The molecule has 6 nitrogen and oxygen atoms in total. The molecule has 8 heteroatoms. The van der Waals surface area contributed by atoms with Gasteiger partial charge in [0.05, 0.1) is 25.2 Å². The molecular formula is C17H25FIN5O. The molecule has 2 N–H and O–H groups in total. The largest absolute Gasteiger partial charge is 0.383 e. The third-order valence-electron chi connectivity index (χ3n) is 3.36. The number of hydrogen-bond acceptors (Lipinski definition) is 3. The van der Waals surface area contributed by atoms with E-state index in [1.54, 1.807) is 36.5 Å². The zero-order valence-electron chi connectivity index (χ0n) is 14.7. The molecule has 138 valence electrons. The Balaban J connectivity index is 0.00000312. The summed E-state index contributed by atoms with van der Waals surface area (Å²) in [7, 11) is 1.66. The van der Waals surface area contributed by atoms with Crippen molar-refractivity contribution in [3.8, 4) is 5.69 Å². The van der Waals surface area contributed by atoms with Gasteiger partial charge in [-0.2, -0.15) is 0 Å². The number of imidazole rings is 1. The van der Waals surface area contributed by atoms with E-state index in [0.717, 1.165) is 12.1 Å². The summed E-state index contributed by atoms with van der Waals surface area (Å²) < 4.78 is 21.0. The van der Waals surface area contributed by atoms with Crippen molar-refractivity contribution in [2.24, 2.45) is 4.99 Å². The molecule has 0 fully saturated rings. The van der Waals surface area contributed by atoms with Crippen molar-refractivity contribution in [3.63, 3.8) is 0 Å². The van der Waals surface area contributed by atoms with Crippen LogP contribution in [0.15, 0.2) is 41.9 Å². The molecule has 1 aromatic carbocycles. The Bertz CT molecular complexity index is 663. The van der Waals surface area contributed by atoms with E-state index in [-0.39, 0.29) is 35.8 Å². The highest BCUT2D eigenvalue weighted by molar-refractivity contribution is 14.0. The summed E-state index contributed by atoms with van der Waals surface area (Å²) in [4.78, 5) is 8.42. The molecule has 1 unspecified atom stereocenters. The van der Waals surface area contributed by atoms with Crippen LogP contribution in [0.1, 0.15) is 19.4 Å². The first kappa shape index (κ1) is 21.4. The van der Waals surface area contributed by atoms with Gasteiger partial charge in [0.1, 0.15) is 5.82 Å². The highest BCUT2D eigenvalue weighted by atomic mass is 127. The molecule has 1 atom stereocenters. The summed E-state index contributed by atoms with van der Waals surface area (Å²) in [6.45, 7) is 5.72. The maximum Gasteiger partial charge on any atom is 0.191 e. The number of methoxy groups -OCH3 is 1. The van der Waals surface area contributed by atoms with Crippen LogP contribution in [0.3, 0.4) is 0 Å². The van der Waals surface area contributed by atoms with Gasteiger partial charge in [-0.1, -0.05) is 6.07 Å². The molecule has 25 heavy (non-hydrogen) atoms. The van der Waals surface area contributed by atoms with Gasteiger partial charge in [0.15, 0.2) is 5.96 Å². The molecule has 2 rings (SSSR count). The van der Waals surface area contributed by atoms with Crippen LogP contribution in [0.25, 0.3) is 5.69 Å². The monoisotopic (exact) mass is 461 g/mol. The molecule has 0 bridgehead atoms. The fourth-order valence-corrected chi connectivity index (χ4v) is 2.28. The number of benzene rings is 1. The number of ether oxygens (including phenoxy) is 1. The Kier molecular flexibility index (Phi) is 9.43. The second-order valence-electron chi connectivity index (χ2n) is 5.45. The van der Waals surface area contributed by atoms with Crippen molar-refractivity contribution in [3.05, 3.63) is 48.3 Å². The van der Waals surface area contributed by atoms with Crippen LogP contribution in [0, 0.1) is 5.82 Å². The van der Waals surface area contributed by atoms with Crippen molar-refractivity contribution in [1.82, 2.24) is 20.2 Å². The number of aliphatic imine (C=N–C) groups is 1. The van der Waals surface area contributed by atoms with Crippen LogP contribution in [0.4, 0.5) is 4.39 Å². The maximum absolute atomic E-state index is 14.3.